The van der Waals surface area contributed by atoms with Gasteiger partial charge in [-0.15, -0.1) is 11.6 Å². The molecular formula is C10H10ClF2NO2. The number of rotatable bonds is 4. The van der Waals surface area contributed by atoms with Gasteiger partial charge in [0.2, 0.25) is 5.91 Å². The fourth-order valence-electron chi connectivity index (χ4n) is 1.11. The van der Waals surface area contributed by atoms with Gasteiger partial charge in [-0.05, 0) is 24.6 Å². The maximum atomic E-state index is 12.1. The molecule has 0 unspecified atom stereocenters. The van der Waals surface area contributed by atoms with E-state index in [4.69, 9.17) is 11.6 Å². The highest BCUT2D eigenvalue weighted by molar-refractivity contribution is 6.29. The summed E-state index contributed by atoms with van der Waals surface area (Å²) >= 11 is 5.29. The quantitative estimate of drug-likeness (QED) is 0.834. The second-order valence-electron chi connectivity index (χ2n) is 3.06. The third-order valence-corrected chi connectivity index (χ3v) is 1.99. The van der Waals surface area contributed by atoms with Gasteiger partial charge in [-0.2, -0.15) is 8.78 Å². The molecule has 1 aromatic carbocycles. The zero-order valence-electron chi connectivity index (χ0n) is 8.47. The number of alkyl halides is 3. The van der Waals surface area contributed by atoms with Crippen LogP contribution < -0.4 is 10.1 Å². The van der Waals surface area contributed by atoms with Crippen molar-refractivity contribution in [2.75, 3.05) is 11.2 Å². The van der Waals surface area contributed by atoms with Crippen LogP contribution in [-0.2, 0) is 4.79 Å². The van der Waals surface area contributed by atoms with Gasteiger partial charge in [0.25, 0.3) is 0 Å². The van der Waals surface area contributed by atoms with Crippen LogP contribution in [0.4, 0.5) is 14.5 Å². The summed E-state index contributed by atoms with van der Waals surface area (Å²) in [6.45, 7) is -1.21. The highest BCUT2D eigenvalue weighted by Gasteiger charge is 2.11. The molecule has 0 aliphatic heterocycles. The lowest BCUT2D eigenvalue weighted by Gasteiger charge is -2.11. The minimum absolute atomic E-state index is 0.0755. The molecule has 3 nitrogen and oxygen atoms in total. The molecule has 0 heterocycles. The summed E-state index contributed by atoms with van der Waals surface area (Å²) in [5, 5.41) is 2.36. The molecule has 0 saturated carbocycles. The predicted octanol–water partition coefficient (Wildman–Crippen LogP) is 2.77. The molecule has 1 aromatic rings. The van der Waals surface area contributed by atoms with Crippen molar-refractivity contribution < 1.29 is 18.3 Å². The SMILES string of the molecule is Cc1ccc(NC(=O)CCl)c(OC(F)F)c1. The lowest BCUT2D eigenvalue weighted by molar-refractivity contribution is -0.114. The van der Waals surface area contributed by atoms with Crippen molar-refractivity contribution in [1.29, 1.82) is 0 Å². The summed E-state index contributed by atoms with van der Waals surface area (Å²) in [4.78, 5) is 11.0. The molecule has 16 heavy (non-hydrogen) atoms. The first-order valence-electron chi connectivity index (χ1n) is 4.44. The van der Waals surface area contributed by atoms with Crippen LogP contribution in [0.3, 0.4) is 0 Å². The van der Waals surface area contributed by atoms with Gasteiger partial charge in [0.1, 0.15) is 11.6 Å². The molecular weight excluding hydrogens is 240 g/mol. The first kappa shape index (κ1) is 12.7. The Balaban J connectivity index is 2.93. The Morgan fingerprint density at radius 2 is 2.25 bits per heavy atom. The van der Waals surface area contributed by atoms with Crippen LogP contribution in [0.2, 0.25) is 0 Å². The van der Waals surface area contributed by atoms with Crippen molar-refractivity contribution in [2.24, 2.45) is 0 Å². The number of amides is 1. The van der Waals surface area contributed by atoms with Crippen molar-refractivity contribution >= 4 is 23.2 Å². The van der Waals surface area contributed by atoms with E-state index in [-0.39, 0.29) is 17.3 Å². The number of carbonyl (C=O) groups excluding carboxylic acids is 1. The molecule has 1 amide bonds. The second kappa shape index (κ2) is 5.65. The van der Waals surface area contributed by atoms with Gasteiger partial charge >= 0.3 is 6.61 Å². The van der Waals surface area contributed by atoms with Crippen LogP contribution >= 0.6 is 11.6 Å². The van der Waals surface area contributed by atoms with Crippen molar-refractivity contribution in [1.82, 2.24) is 0 Å². The first-order chi connectivity index (χ1) is 7.52. The van der Waals surface area contributed by atoms with E-state index in [0.29, 0.717) is 0 Å². The number of nitrogens with one attached hydrogen (secondary N) is 1. The summed E-state index contributed by atoms with van der Waals surface area (Å²) in [5.41, 5.74) is 0.927. The number of hydrogen-bond acceptors (Lipinski definition) is 2. The number of ether oxygens (including phenoxy) is 1. The molecule has 0 fully saturated rings. The van der Waals surface area contributed by atoms with Crippen LogP contribution in [0.25, 0.3) is 0 Å². The lowest BCUT2D eigenvalue weighted by atomic mass is 10.2. The summed E-state index contributed by atoms with van der Waals surface area (Å²) in [6.07, 6.45) is 0. The van der Waals surface area contributed by atoms with Crippen LogP contribution in [0.1, 0.15) is 5.56 Å². The lowest BCUT2D eigenvalue weighted by Crippen LogP contribution is -2.14. The van der Waals surface area contributed by atoms with Crippen molar-refractivity contribution in [3.63, 3.8) is 0 Å². The third-order valence-electron chi connectivity index (χ3n) is 1.75. The normalized spacial score (nSPS) is 10.3. The molecule has 1 N–H and O–H groups in total. The van der Waals surface area contributed by atoms with E-state index >= 15 is 0 Å². The minimum atomic E-state index is -2.94. The Labute approximate surface area is 96.4 Å². The van der Waals surface area contributed by atoms with Crippen LogP contribution in [0, 0.1) is 6.92 Å². The van der Waals surface area contributed by atoms with Gasteiger partial charge in [-0.3, -0.25) is 4.79 Å². The number of benzene rings is 1. The number of carbonyl (C=O) groups is 1. The average molecular weight is 250 g/mol. The molecule has 0 atom stereocenters. The summed E-state index contributed by atoms with van der Waals surface area (Å²) in [5.74, 6) is -0.805. The number of anilines is 1. The van der Waals surface area contributed by atoms with E-state index in [1.165, 1.54) is 12.1 Å². The van der Waals surface area contributed by atoms with Gasteiger partial charge < -0.3 is 10.1 Å². The van der Waals surface area contributed by atoms with Crippen molar-refractivity contribution in [2.45, 2.75) is 13.5 Å². The van der Waals surface area contributed by atoms with E-state index in [9.17, 15) is 13.6 Å². The summed E-state index contributed by atoms with van der Waals surface area (Å²) < 4.78 is 28.5. The van der Waals surface area contributed by atoms with Gasteiger partial charge in [0.05, 0.1) is 5.69 Å². The molecule has 0 aromatic heterocycles. The van der Waals surface area contributed by atoms with Gasteiger partial charge in [0, 0.05) is 0 Å². The maximum Gasteiger partial charge on any atom is 0.387 e. The Hall–Kier alpha value is -1.36. The number of hydrogen-bond donors (Lipinski definition) is 1. The van der Waals surface area contributed by atoms with Gasteiger partial charge in [-0.25, -0.2) is 0 Å². The van der Waals surface area contributed by atoms with Crippen LogP contribution in [0.5, 0.6) is 5.75 Å². The average Bonchev–Trinajstić information content (AvgIpc) is 2.21. The molecule has 88 valence electrons. The Kier molecular flexibility index (Phi) is 4.49. The second-order valence-corrected chi connectivity index (χ2v) is 3.33. The van der Waals surface area contributed by atoms with E-state index in [1.807, 2.05) is 0 Å². The summed E-state index contributed by atoms with van der Waals surface area (Å²) in [7, 11) is 0. The zero-order chi connectivity index (χ0) is 12.1. The van der Waals surface area contributed by atoms with Gasteiger partial charge in [-0.1, -0.05) is 6.07 Å². The largest absolute Gasteiger partial charge is 0.433 e. The Bertz CT molecular complexity index is 385. The number of aryl methyl sites for hydroxylation is 1. The monoisotopic (exact) mass is 249 g/mol. The van der Waals surface area contributed by atoms with E-state index in [0.717, 1.165) is 5.56 Å². The highest BCUT2D eigenvalue weighted by Crippen LogP contribution is 2.27. The van der Waals surface area contributed by atoms with Gasteiger partial charge in [0.15, 0.2) is 0 Å². The third kappa shape index (κ3) is 3.66. The molecule has 0 saturated heterocycles. The van der Waals surface area contributed by atoms with E-state index in [1.54, 1.807) is 13.0 Å². The fraction of sp³-hybridized carbons (Fsp3) is 0.300. The standard InChI is InChI=1S/C10H10ClF2NO2/c1-6-2-3-7(14-9(15)5-11)8(4-6)16-10(12)13/h2-4,10H,5H2,1H3,(H,14,15). The molecule has 1 rings (SSSR count). The topological polar surface area (TPSA) is 38.3 Å². The van der Waals surface area contributed by atoms with Crippen molar-refractivity contribution in [3.8, 4) is 5.75 Å². The van der Waals surface area contributed by atoms with Crippen molar-refractivity contribution in [3.05, 3.63) is 23.8 Å². The zero-order valence-corrected chi connectivity index (χ0v) is 9.22. The molecule has 0 aliphatic rings. The Morgan fingerprint density at radius 1 is 1.56 bits per heavy atom. The predicted molar refractivity (Wildman–Crippen MR) is 57.2 cm³/mol. The summed E-state index contributed by atoms with van der Waals surface area (Å²) in [6, 6.07) is 4.57. The van der Waals surface area contributed by atoms with E-state index in [2.05, 4.69) is 10.1 Å². The molecule has 0 spiro atoms. The molecule has 0 aliphatic carbocycles. The van der Waals surface area contributed by atoms with Crippen LogP contribution in [0.15, 0.2) is 18.2 Å². The van der Waals surface area contributed by atoms with E-state index < -0.39 is 12.5 Å². The Morgan fingerprint density at radius 3 is 2.81 bits per heavy atom. The fourth-order valence-corrected chi connectivity index (χ4v) is 1.18. The molecule has 0 bridgehead atoms. The molecule has 6 heteroatoms. The first-order valence-corrected chi connectivity index (χ1v) is 4.97. The molecule has 0 radical (unpaired) electrons. The van der Waals surface area contributed by atoms with Crippen LogP contribution in [-0.4, -0.2) is 18.4 Å². The maximum absolute atomic E-state index is 12.1. The highest BCUT2D eigenvalue weighted by atomic mass is 35.5. The minimum Gasteiger partial charge on any atom is -0.433 e. The number of halogens is 3. The smallest absolute Gasteiger partial charge is 0.387 e.